The summed E-state index contributed by atoms with van der Waals surface area (Å²) in [4.78, 5) is 18.0. The van der Waals surface area contributed by atoms with Crippen molar-refractivity contribution in [3.63, 3.8) is 0 Å². The SMILES string of the molecule is COCCn1c(=NC(=O)C2CCN(S(=O)(=O)c3cccs3)CC2)sc2ccccc21. The first-order valence-corrected chi connectivity index (χ1v) is 12.8. The first kappa shape index (κ1) is 21.4. The van der Waals surface area contributed by atoms with Crippen LogP contribution in [0.15, 0.2) is 51.0 Å². The fraction of sp³-hybridized carbons (Fsp3) is 0.400. The summed E-state index contributed by atoms with van der Waals surface area (Å²) in [6.07, 6.45) is 0.964. The monoisotopic (exact) mass is 465 g/mol. The summed E-state index contributed by atoms with van der Waals surface area (Å²) >= 11 is 2.70. The van der Waals surface area contributed by atoms with Crippen LogP contribution in [0.5, 0.6) is 0 Å². The molecule has 7 nitrogen and oxygen atoms in total. The van der Waals surface area contributed by atoms with Gasteiger partial charge in [0.25, 0.3) is 15.9 Å². The number of para-hydroxylation sites is 1. The molecule has 0 unspecified atom stereocenters. The van der Waals surface area contributed by atoms with Crippen LogP contribution in [0.25, 0.3) is 10.2 Å². The molecular weight excluding hydrogens is 442 g/mol. The van der Waals surface area contributed by atoms with Gasteiger partial charge in [-0.2, -0.15) is 9.30 Å². The van der Waals surface area contributed by atoms with Gasteiger partial charge in [0.2, 0.25) is 0 Å². The summed E-state index contributed by atoms with van der Waals surface area (Å²) in [5, 5.41) is 1.76. The molecule has 1 aliphatic heterocycles. The lowest BCUT2D eigenvalue weighted by molar-refractivity contribution is -0.122. The van der Waals surface area contributed by atoms with Gasteiger partial charge in [0.05, 0.1) is 16.8 Å². The van der Waals surface area contributed by atoms with Crippen LogP contribution in [0.3, 0.4) is 0 Å². The van der Waals surface area contributed by atoms with E-state index in [-0.39, 0.29) is 11.8 Å². The van der Waals surface area contributed by atoms with Crippen molar-refractivity contribution in [3.05, 3.63) is 46.6 Å². The fourth-order valence-corrected chi connectivity index (χ4v) is 7.25. The molecule has 10 heteroatoms. The number of thiophene rings is 1. The van der Waals surface area contributed by atoms with Crippen molar-refractivity contribution >= 4 is 48.8 Å². The van der Waals surface area contributed by atoms with E-state index in [2.05, 4.69) is 4.99 Å². The number of thiazole rings is 1. The summed E-state index contributed by atoms with van der Waals surface area (Å²) in [5.74, 6) is -0.443. The smallest absolute Gasteiger partial charge is 0.252 e. The molecule has 1 saturated heterocycles. The van der Waals surface area contributed by atoms with Crippen LogP contribution in [-0.2, 0) is 26.1 Å². The molecule has 0 atom stereocenters. The molecule has 2 aromatic heterocycles. The van der Waals surface area contributed by atoms with Gasteiger partial charge >= 0.3 is 0 Å². The van der Waals surface area contributed by atoms with Gasteiger partial charge in [-0.1, -0.05) is 29.5 Å². The second-order valence-electron chi connectivity index (χ2n) is 7.06. The summed E-state index contributed by atoms with van der Waals surface area (Å²) in [6.45, 7) is 1.82. The maximum atomic E-state index is 12.9. The third-order valence-corrected chi connectivity index (χ3v) is 9.54. The average Bonchev–Trinajstić information content (AvgIpc) is 3.41. The van der Waals surface area contributed by atoms with Crippen molar-refractivity contribution in [2.75, 3.05) is 26.8 Å². The van der Waals surface area contributed by atoms with E-state index in [1.165, 1.54) is 27.0 Å². The number of amides is 1. The number of rotatable bonds is 6. The van der Waals surface area contributed by atoms with Crippen LogP contribution in [-0.4, -0.2) is 50.0 Å². The second-order valence-corrected chi connectivity index (χ2v) is 11.2. The lowest BCUT2D eigenvalue weighted by atomic mass is 9.98. The topological polar surface area (TPSA) is 81.0 Å². The number of nitrogens with zero attached hydrogens (tertiary/aromatic N) is 3. The molecule has 0 aliphatic carbocycles. The van der Waals surface area contributed by atoms with E-state index in [1.807, 2.05) is 28.8 Å². The Balaban J connectivity index is 1.52. The van der Waals surface area contributed by atoms with Crippen molar-refractivity contribution in [2.45, 2.75) is 23.6 Å². The van der Waals surface area contributed by atoms with E-state index in [0.717, 1.165) is 10.2 Å². The molecule has 1 aromatic carbocycles. The number of carbonyl (C=O) groups excluding carboxylic acids is 1. The molecule has 3 heterocycles. The molecule has 1 amide bonds. The highest BCUT2D eigenvalue weighted by molar-refractivity contribution is 7.91. The predicted octanol–water partition coefficient (Wildman–Crippen LogP) is 2.94. The minimum Gasteiger partial charge on any atom is -0.383 e. The highest BCUT2D eigenvalue weighted by atomic mass is 32.2. The number of hydrogen-bond acceptors (Lipinski definition) is 6. The van der Waals surface area contributed by atoms with Crippen molar-refractivity contribution in [2.24, 2.45) is 10.9 Å². The number of aromatic nitrogens is 1. The van der Waals surface area contributed by atoms with Crippen molar-refractivity contribution in [1.82, 2.24) is 8.87 Å². The van der Waals surface area contributed by atoms with Gasteiger partial charge in [0.1, 0.15) is 4.21 Å². The molecule has 3 aromatic rings. The average molecular weight is 466 g/mol. The van der Waals surface area contributed by atoms with Crippen molar-refractivity contribution in [3.8, 4) is 0 Å². The molecule has 0 spiro atoms. The Bertz CT molecular complexity index is 1190. The molecule has 1 aliphatic rings. The summed E-state index contributed by atoms with van der Waals surface area (Å²) < 4.78 is 35.5. The number of benzene rings is 1. The normalized spacial score (nSPS) is 17.0. The molecule has 4 rings (SSSR count). The highest BCUT2D eigenvalue weighted by Crippen LogP contribution is 2.27. The molecule has 0 saturated carbocycles. The summed E-state index contributed by atoms with van der Waals surface area (Å²) in [5.41, 5.74) is 1.03. The van der Waals surface area contributed by atoms with Crippen molar-refractivity contribution < 1.29 is 17.9 Å². The lowest BCUT2D eigenvalue weighted by Gasteiger charge is -2.29. The van der Waals surface area contributed by atoms with E-state index in [1.54, 1.807) is 24.6 Å². The molecule has 160 valence electrons. The standard InChI is InChI=1S/C20H23N3O4S3/c1-27-13-12-23-16-5-2-3-6-17(16)29-20(23)21-19(24)15-8-10-22(11-9-15)30(25,26)18-7-4-14-28-18/h2-7,14-15H,8-13H2,1H3. The van der Waals surface area contributed by atoms with Gasteiger partial charge in [-0.3, -0.25) is 4.79 Å². The number of methoxy groups -OCH3 is 1. The summed E-state index contributed by atoms with van der Waals surface area (Å²) in [6, 6.07) is 11.3. The Morgan fingerprint density at radius 1 is 1.20 bits per heavy atom. The quantitative estimate of drug-likeness (QED) is 0.561. The van der Waals surface area contributed by atoms with Gasteiger partial charge in [-0.25, -0.2) is 8.42 Å². The zero-order valence-corrected chi connectivity index (χ0v) is 19.0. The number of sulfonamides is 1. The Hall–Kier alpha value is -1.85. The molecule has 0 bridgehead atoms. The molecule has 0 N–H and O–H groups in total. The molecule has 0 radical (unpaired) electrons. The minimum atomic E-state index is -3.47. The van der Waals surface area contributed by atoms with E-state index >= 15 is 0 Å². The van der Waals surface area contributed by atoms with E-state index in [0.29, 0.717) is 48.1 Å². The first-order valence-electron chi connectivity index (χ1n) is 9.70. The van der Waals surface area contributed by atoms with Crippen molar-refractivity contribution in [1.29, 1.82) is 0 Å². The highest BCUT2D eigenvalue weighted by Gasteiger charge is 2.32. The van der Waals surface area contributed by atoms with Gasteiger partial charge in [0, 0.05) is 32.7 Å². The Morgan fingerprint density at radius 3 is 2.67 bits per heavy atom. The van der Waals surface area contributed by atoms with Crippen LogP contribution >= 0.6 is 22.7 Å². The predicted molar refractivity (Wildman–Crippen MR) is 118 cm³/mol. The first-order chi connectivity index (χ1) is 14.5. The van der Waals surface area contributed by atoms with Crippen LogP contribution in [0.4, 0.5) is 0 Å². The second kappa shape index (κ2) is 9.11. The molecule has 1 fully saturated rings. The third kappa shape index (κ3) is 4.28. The van der Waals surface area contributed by atoms with E-state index in [9.17, 15) is 13.2 Å². The minimum absolute atomic E-state index is 0.180. The number of fused-ring (bicyclic) bond motifs is 1. The number of ether oxygens (including phenoxy) is 1. The third-order valence-electron chi connectivity index (χ3n) is 5.21. The Labute approximate surface area is 183 Å². The number of piperidine rings is 1. The largest absolute Gasteiger partial charge is 0.383 e. The Morgan fingerprint density at radius 2 is 1.97 bits per heavy atom. The van der Waals surface area contributed by atoms with Crippen LogP contribution < -0.4 is 4.80 Å². The van der Waals surface area contributed by atoms with Crippen LogP contribution in [0.1, 0.15) is 12.8 Å². The Kier molecular flexibility index (Phi) is 6.49. The van der Waals surface area contributed by atoms with Crippen LogP contribution in [0.2, 0.25) is 0 Å². The van der Waals surface area contributed by atoms with Gasteiger partial charge in [0.15, 0.2) is 4.80 Å². The van der Waals surface area contributed by atoms with Crippen LogP contribution in [0, 0.1) is 5.92 Å². The fourth-order valence-electron chi connectivity index (χ4n) is 3.57. The maximum absolute atomic E-state index is 12.9. The van der Waals surface area contributed by atoms with Gasteiger partial charge in [-0.15, -0.1) is 11.3 Å². The zero-order chi connectivity index (χ0) is 21.1. The summed E-state index contributed by atoms with van der Waals surface area (Å²) in [7, 11) is -1.82. The van der Waals surface area contributed by atoms with E-state index in [4.69, 9.17) is 4.74 Å². The van der Waals surface area contributed by atoms with Gasteiger partial charge in [-0.05, 0) is 36.4 Å². The molecular formula is C20H23N3O4S3. The molecule has 30 heavy (non-hydrogen) atoms. The van der Waals surface area contributed by atoms with Gasteiger partial charge < -0.3 is 9.30 Å². The van der Waals surface area contributed by atoms with E-state index < -0.39 is 10.0 Å². The number of carbonyl (C=O) groups is 1. The zero-order valence-electron chi connectivity index (χ0n) is 16.6. The maximum Gasteiger partial charge on any atom is 0.252 e. The lowest BCUT2D eigenvalue weighted by Crippen LogP contribution is -2.40. The number of hydrogen-bond donors (Lipinski definition) is 0.